The summed E-state index contributed by atoms with van der Waals surface area (Å²) in [5.74, 6) is 4.97. The molecule has 2 nitrogen and oxygen atoms in total. The van der Waals surface area contributed by atoms with E-state index in [0.717, 1.165) is 42.4 Å². The average molecular weight is 469 g/mol. The third-order valence-corrected chi connectivity index (χ3v) is 11.4. The first kappa shape index (κ1) is 26.0. The topological polar surface area (TPSA) is 26.3 Å². The summed E-state index contributed by atoms with van der Waals surface area (Å²) in [4.78, 5) is 11.9. The zero-order valence-electron chi connectivity index (χ0n) is 23.3. The van der Waals surface area contributed by atoms with E-state index in [-0.39, 0.29) is 12.1 Å². The van der Waals surface area contributed by atoms with Gasteiger partial charge in [0.2, 0.25) is 0 Å². The van der Waals surface area contributed by atoms with Crippen molar-refractivity contribution in [3.05, 3.63) is 23.3 Å². The van der Waals surface area contributed by atoms with E-state index in [1.54, 1.807) is 11.1 Å². The number of rotatable bonds is 7. The van der Waals surface area contributed by atoms with Crippen molar-refractivity contribution in [2.75, 3.05) is 0 Å². The van der Waals surface area contributed by atoms with Crippen molar-refractivity contribution in [3.8, 4) is 0 Å². The number of fused-ring (bicyclic) bond motifs is 5. The van der Waals surface area contributed by atoms with Gasteiger partial charge in [-0.3, -0.25) is 4.79 Å². The molecule has 0 N–H and O–H groups in total. The van der Waals surface area contributed by atoms with Crippen LogP contribution in [0.1, 0.15) is 119 Å². The van der Waals surface area contributed by atoms with Crippen molar-refractivity contribution in [1.29, 1.82) is 0 Å². The Hall–Kier alpha value is -1.05. The molecule has 0 aromatic heterocycles. The predicted octanol–water partition coefficient (Wildman–Crippen LogP) is 8.91. The Kier molecular flexibility index (Phi) is 7.76. The van der Waals surface area contributed by atoms with E-state index in [9.17, 15) is 4.79 Å². The molecule has 0 heterocycles. The first-order chi connectivity index (χ1) is 16.1. The van der Waals surface area contributed by atoms with E-state index in [2.05, 4.69) is 53.7 Å². The molecule has 4 aliphatic rings. The molecule has 0 amide bonds. The predicted molar refractivity (Wildman–Crippen MR) is 142 cm³/mol. The van der Waals surface area contributed by atoms with Gasteiger partial charge in [-0.15, -0.1) is 0 Å². The van der Waals surface area contributed by atoms with Crippen LogP contribution in [0.3, 0.4) is 0 Å². The van der Waals surface area contributed by atoms with Gasteiger partial charge in [-0.1, -0.05) is 64.8 Å². The third kappa shape index (κ3) is 4.57. The maximum atomic E-state index is 11.9. The second kappa shape index (κ2) is 10.1. The van der Waals surface area contributed by atoms with Gasteiger partial charge >= 0.3 is 5.97 Å². The average Bonchev–Trinajstić information content (AvgIpc) is 3.16. The highest BCUT2D eigenvalue weighted by Crippen LogP contribution is 2.67. The van der Waals surface area contributed by atoms with Crippen molar-refractivity contribution in [2.24, 2.45) is 46.3 Å². The molecule has 0 aromatic carbocycles. The molecule has 3 fully saturated rings. The second-order valence-corrected chi connectivity index (χ2v) is 13.2. The lowest BCUT2D eigenvalue weighted by Gasteiger charge is -2.58. The summed E-state index contributed by atoms with van der Waals surface area (Å²) < 4.78 is 5.78. The van der Waals surface area contributed by atoms with Gasteiger partial charge in [0.15, 0.2) is 0 Å². The summed E-state index contributed by atoms with van der Waals surface area (Å²) in [6.45, 7) is 16.6. The fraction of sp³-hybridized carbons (Fsp3) is 0.844. The van der Waals surface area contributed by atoms with Crippen LogP contribution in [0.25, 0.3) is 0 Å². The Morgan fingerprint density at radius 2 is 1.88 bits per heavy atom. The van der Waals surface area contributed by atoms with Gasteiger partial charge in [0.05, 0.1) is 0 Å². The molecular formula is C32H52O2. The Bertz CT molecular complexity index is 806. The summed E-state index contributed by atoms with van der Waals surface area (Å²) in [7, 11) is 0. The van der Waals surface area contributed by atoms with Crippen molar-refractivity contribution in [3.63, 3.8) is 0 Å². The van der Waals surface area contributed by atoms with Crippen LogP contribution in [-0.2, 0) is 9.53 Å². The minimum absolute atomic E-state index is 0.0302. The van der Waals surface area contributed by atoms with Crippen molar-refractivity contribution in [1.82, 2.24) is 0 Å². The lowest BCUT2D eigenvalue weighted by atomic mass is 9.47. The van der Waals surface area contributed by atoms with E-state index in [1.807, 2.05) is 6.92 Å². The molecule has 0 radical (unpaired) electrons. The van der Waals surface area contributed by atoms with Gasteiger partial charge in [0.1, 0.15) is 6.10 Å². The number of allylic oxidation sites excluding steroid dienone is 3. The minimum Gasteiger partial charge on any atom is -0.462 e. The fourth-order valence-electron chi connectivity index (χ4n) is 9.33. The molecule has 3 saturated carbocycles. The van der Waals surface area contributed by atoms with Crippen molar-refractivity contribution >= 4 is 5.97 Å². The molecule has 0 aromatic rings. The maximum Gasteiger partial charge on any atom is 0.305 e. The monoisotopic (exact) mass is 468 g/mol. The molecule has 2 heteroatoms. The number of esters is 1. The van der Waals surface area contributed by atoms with Crippen LogP contribution in [-0.4, -0.2) is 12.1 Å². The minimum atomic E-state index is -0.0302. The lowest BCUT2D eigenvalue weighted by molar-refractivity contribution is -0.151. The zero-order chi connectivity index (χ0) is 24.7. The first-order valence-corrected chi connectivity index (χ1v) is 14.7. The second-order valence-electron chi connectivity index (χ2n) is 13.2. The number of carbonyl (C=O) groups is 1. The largest absolute Gasteiger partial charge is 0.462 e. The van der Waals surface area contributed by atoms with Gasteiger partial charge < -0.3 is 4.74 Å². The SMILES string of the molecule is C/C=C(\CC[C@@H](C)[C@H]1CC[C@H]2[C@@H]3CC=C4C[C@@H](OC(=O)CC)CC[C@]4(C)[C@H]3CC[C@]12C)C(C)C. The number of hydrogen-bond acceptors (Lipinski definition) is 2. The van der Waals surface area contributed by atoms with Crippen LogP contribution in [0.2, 0.25) is 0 Å². The van der Waals surface area contributed by atoms with Crippen LogP contribution in [0, 0.1) is 46.3 Å². The van der Waals surface area contributed by atoms with E-state index in [0.29, 0.717) is 23.2 Å². The van der Waals surface area contributed by atoms with Crippen molar-refractivity contribution < 1.29 is 9.53 Å². The van der Waals surface area contributed by atoms with Gasteiger partial charge in [0, 0.05) is 12.8 Å². The number of hydrogen-bond donors (Lipinski definition) is 0. The fourth-order valence-corrected chi connectivity index (χ4v) is 9.33. The van der Waals surface area contributed by atoms with E-state index in [4.69, 9.17) is 4.74 Å². The molecule has 4 aliphatic carbocycles. The molecule has 4 rings (SSSR count). The molecule has 0 bridgehead atoms. The molecule has 0 unspecified atom stereocenters. The van der Waals surface area contributed by atoms with Crippen LogP contribution in [0.5, 0.6) is 0 Å². The molecule has 8 atom stereocenters. The summed E-state index contributed by atoms with van der Waals surface area (Å²) in [6.07, 6.45) is 18.4. The van der Waals surface area contributed by atoms with Gasteiger partial charge in [-0.25, -0.2) is 0 Å². The first-order valence-electron chi connectivity index (χ1n) is 14.7. The van der Waals surface area contributed by atoms with Gasteiger partial charge in [-0.05, 0) is 111 Å². The third-order valence-electron chi connectivity index (χ3n) is 11.4. The lowest BCUT2D eigenvalue weighted by Crippen LogP contribution is -2.51. The highest BCUT2D eigenvalue weighted by atomic mass is 16.5. The standard InChI is InChI=1S/C32H52O2/c1-8-23(21(3)4)11-10-22(5)27-14-15-28-26-13-12-24-20-25(34-30(33)9-2)16-18-31(24,6)29(26)17-19-32(27,28)7/h8,12,21-22,25-29H,9-11,13-20H2,1-7H3/b23-8+/t22-,25+,26+,27-,28+,29+,31+,32-/m1/s1. The van der Waals surface area contributed by atoms with Crippen LogP contribution < -0.4 is 0 Å². The molecule has 0 aliphatic heterocycles. The van der Waals surface area contributed by atoms with E-state index in [1.165, 1.54) is 51.4 Å². The Morgan fingerprint density at radius 1 is 1.12 bits per heavy atom. The summed E-state index contributed by atoms with van der Waals surface area (Å²) >= 11 is 0. The summed E-state index contributed by atoms with van der Waals surface area (Å²) in [5, 5.41) is 0. The smallest absolute Gasteiger partial charge is 0.305 e. The van der Waals surface area contributed by atoms with Gasteiger partial charge in [0.25, 0.3) is 0 Å². The van der Waals surface area contributed by atoms with Crippen molar-refractivity contribution in [2.45, 2.75) is 125 Å². The maximum absolute atomic E-state index is 11.9. The zero-order valence-corrected chi connectivity index (χ0v) is 23.3. The summed E-state index contributed by atoms with van der Waals surface area (Å²) in [5.41, 5.74) is 4.13. The quantitative estimate of drug-likeness (QED) is 0.275. The highest BCUT2D eigenvalue weighted by Gasteiger charge is 2.59. The Labute approximate surface area is 210 Å². The molecular weight excluding hydrogens is 416 g/mol. The van der Waals surface area contributed by atoms with E-state index < -0.39 is 0 Å². The Balaban J connectivity index is 1.45. The number of carbonyl (C=O) groups excluding carboxylic acids is 1. The summed E-state index contributed by atoms with van der Waals surface area (Å²) in [6, 6.07) is 0. The van der Waals surface area contributed by atoms with E-state index >= 15 is 0 Å². The Morgan fingerprint density at radius 3 is 2.56 bits per heavy atom. The highest BCUT2D eigenvalue weighted by molar-refractivity contribution is 5.69. The van der Waals surface area contributed by atoms with Crippen LogP contribution in [0.15, 0.2) is 23.3 Å². The van der Waals surface area contributed by atoms with Crippen LogP contribution in [0.4, 0.5) is 0 Å². The molecule has 192 valence electrons. The van der Waals surface area contributed by atoms with Crippen LogP contribution >= 0.6 is 0 Å². The van der Waals surface area contributed by atoms with Gasteiger partial charge in [-0.2, -0.15) is 0 Å². The normalized spacial score (nSPS) is 40.8. The number of ether oxygens (including phenoxy) is 1. The molecule has 34 heavy (non-hydrogen) atoms. The molecule has 0 saturated heterocycles. The molecule has 0 spiro atoms.